The van der Waals surface area contributed by atoms with E-state index in [0.717, 1.165) is 4.70 Å². The first-order valence-corrected chi connectivity index (χ1v) is 7.39. The lowest BCUT2D eigenvalue weighted by Crippen LogP contribution is -2.29. The number of rotatable bonds is 5. The second-order valence-electron chi connectivity index (χ2n) is 5.08. The summed E-state index contributed by atoms with van der Waals surface area (Å²) >= 11 is 1.24. The Morgan fingerprint density at radius 1 is 1.43 bits per heavy atom. The Balaban J connectivity index is 2.15. The Morgan fingerprint density at radius 3 is 2.76 bits per heavy atom. The maximum Gasteiger partial charge on any atom is 0.303 e. The Bertz CT molecular complexity index is 696. The first-order chi connectivity index (χ1) is 9.90. The lowest BCUT2D eigenvalue weighted by molar-refractivity contribution is -0.137. The molecule has 0 bridgehead atoms. The maximum absolute atomic E-state index is 13.8. The van der Waals surface area contributed by atoms with E-state index in [0.29, 0.717) is 15.8 Å². The molecule has 0 fully saturated rings. The molecular formula is C15H16FNO3S. The summed E-state index contributed by atoms with van der Waals surface area (Å²) in [5.74, 6) is -1.67. The Kier molecular flexibility index (Phi) is 4.57. The molecular weight excluding hydrogens is 293 g/mol. The van der Waals surface area contributed by atoms with Gasteiger partial charge in [0.15, 0.2) is 0 Å². The molecule has 0 radical (unpaired) electrons. The van der Waals surface area contributed by atoms with Crippen molar-refractivity contribution in [2.24, 2.45) is 5.92 Å². The number of benzene rings is 1. The SMILES string of the molecule is Cc1c(C(=O)NCC(C)CC(=O)O)sc2cccc(F)c12. The van der Waals surface area contributed by atoms with Crippen LogP contribution in [0.1, 0.15) is 28.6 Å². The van der Waals surface area contributed by atoms with Crippen LogP contribution in [0.4, 0.5) is 4.39 Å². The van der Waals surface area contributed by atoms with Crippen molar-refractivity contribution < 1.29 is 19.1 Å². The largest absolute Gasteiger partial charge is 0.481 e. The van der Waals surface area contributed by atoms with E-state index in [4.69, 9.17) is 5.11 Å². The molecule has 4 nitrogen and oxygen atoms in total. The molecule has 1 heterocycles. The van der Waals surface area contributed by atoms with Crippen molar-refractivity contribution in [3.63, 3.8) is 0 Å². The van der Waals surface area contributed by atoms with Gasteiger partial charge in [-0.2, -0.15) is 0 Å². The number of thiophene rings is 1. The summed E-state index contributed by atoms with van der Waals surface area (Å²) in [7, 11) is 0. The normalized spacial score (nSPS) is 12.3. The second kappa shape index (κ2) is 6.22. The van der Waals surface area contributed by atoms with Crippen LogP contribution in [0, 0.1) is 18.7 Å². The first-order valence-electron chi connectivity index (χ1n) is 6.57. The summed E-state index contributed by atoms with van der Waals surface area (Å²) in [6.07, 6.45) is 0.000304. The Hall–Kier alpha value is -1.95. The number of aryl methyl sites for hydroxylation is 1. The Labute approximate surface area is 125 Å². The molecule has 1 aromatic carbocycles. The molecule has 6 heteroatoms. The van der Waals surface area contributed by atoms with Gasteiger partial charge in [0.25, 0.3) is 5.91 Å². The number of carboxylic acids is 1. The van der Waals surface area contributed by atoms with Crippen LogP contribution in [0.2, 0.25) is 0 Å². The maximum atomic E-state index is 13.8. The van der Waals surface area contributed by atoms with E-state index in [2.05, 4.69) is 5.32 Å². The highest BCUT2D eigenvalue weighted by Gasteiger charge is 2.18. The van der Waals surface area contributed by atoms with Crippen LogP contribution in [-0.2, 0) is 4.79 Å². The van der Waals surface area contributed by atoms with Gasteiger partial charge in [0.2, 0.25) is 0 Å². The molecule has 1 atom stereocenters. The van der Waals surface area contributed by atoms with Gasteiger partial charge in [-0.3, -0.25) is 9.59 Å². The monoisotopic (exact) mass is 309 g/mol. The van der Waals surface area contributed by atoms with Crippen LogP contribution >= 0.6 is 11.3 Å². The molecule has 2 aromatic rings. The van der Waals surface area contributed by atoms with E-state index >= 15 is 0 Å². The van der Waals surface area contributed by atoms with Crippen molar-refractivity contribution in [2.75, 3.05) is 6.54 Å². The number of aliphatic carboxylic acids is 1. The molecule has 0 saturated heterocycles. The lowest BCUT2D eigenvalue weighted by Gasteiger charge is -2.09. The van der Waals surface area contributed by atoms with Crippen LogP contribution in [-0.4, -0.2) is 23.5 Å². The van der Waals surface area contributed by atoms with E-state index in [-0.39, 0.29) is 30.6 Å². The standard InChI is InChI=1S/C15H16FNO3S/c1-8(6-12(18)19)7-17-15(20)14-9(2)13-10(16)4-3-5-11(13)21-14/h3-5,8H,6-7H2,1-2H3,(H,17,20)(H,18,19). The summed E-state index contributed by atoms with van der Waals surface area (Å²) in [6.45, 7) is 3.75. The molecule has 2 N–H and O–H groups in total. The minimum Gasteiger partial charge on any atom is -0.481 e. The summed E-state index contributed by atoms with van der Waals surface area (Å²) in [4.78, 5) is 23.2. The van der Waals surface area contributed by atoms with Crippen LogP contribution in [0.5, 0.6) is 0 Å². The molecule has 0 aliphatic carbocycles. The van der Waals surface area contributed by atoms with Gasteiger partial charge in [-0.05, 0) is 30.5 Å². The highest BCUT2D eigenvalue weighted by Crippen LogP contribution is 2.32. The number of hydrogen-bond acceptors (Lipinski definition) is 3. The number of carbonyl (C=O) groups excluding carboxylic acids is 1. The number of carbonyl (C=O) groups is 2. The minimum atomic E-state index is -0.892. The molecule has 0 saturated carbocycles. The van der Waals surface area contributed by atoms with E-state index in [1.807, 2.05) is 0 Å². The number of amides is 1. The van der Waals surface area contributed by atoms with Crippen molar-refractivity contribution in [1.29, 1.82) is 0 Å². The van der Waals surface area contributed by atoms with Crippen LogP contribution < -0.4 is 5.32 Å². The number of hydrogen-bond donors (Lipinski definition) is 2. The van der Waals surface area contributed by atoms with Crippen LogP contribution in [0.3, 0.4) is 0 Å². The fraction of sp³-hybridized carbons (Fsp3) is 0.333. The highest BCUT2D eigenvalue weighted by atomic mass is 32.1. The summed E-state index contributed by atoms with van der Waals surface area (Å²) in [5.41, 5.74) is 0.622. The fourth-order valence-electron chi connectivity index (χ4n) is 2.19. The average Bonchev–Trinajstić information content (AvgIpc) is 2.74. The zero-order valence-corrected chi connectivity index (χ0v) is 12.6. The topological polar surface area (TPSA) is 66.4 Å². The molecule has 1 unspecified atom stereocenters. The van der Waals surface area contributed by atoms with Gasteiger partial charge in [-0.1, -0.05) is 13.0 Å². The van der Waals surface area contributed by atoms with Gasteiger partial charge in [0, 0.05) is 23.1 Å². The molecule has 1 aromatic heterocycles. The zero-order chi connectivity index (χ0) is 15.6. The van der Waals surface area contributed by atoms with E-state index in [1.165, 1.54) is 17.4 Å². The van der Waals surface area contributed by atoms with Crippen molar-refractivity contribution in [3.05, 3.63) is 34.5 Å². The third kappa shape index (κ3) is 3.39. The average molecular weight is 309 g/mol. The number of halogens is 1. The fourth-order valence-corrected chi connectivity index (χ4v) is 3.33. The quantitative estimate of drug-likeness (QED) is 0.891. The van der Waals surface area contributed by atoms with Crippen LogP contribution in [0.25, 0.3) is 10.1 Å². The van der Waals surface area contributed by atoms with Gasteiger partial charge in [-0.15, -0.1) is 11.3 Å². The van der Waals surface area contributed by atoms with Crippen molar-refractivity contribution in [3.8, 4) is 0 Å². The molecule has 2 rings (SSSR count). The summed E-state index contributed by atoms with van der Waals surface area (Å²) < 4.78 is 14.5. The Morgan fingerprint density at radius 2 is 2.14 bits per heavy atom. The second-order valence-corrected chi connectivity index (χ2v) is 6.13. The molecule has 1 amide bonds. The number of nitrogens with one attached hydrogen (secondary N) is 1. The van der Waals surface area contributed by atoms with Gasteiger partial charge >= 0.3 is 5.97 Å². The van der Waals surface area contributed by atoms with E-state index < -0.39 is 5.97 Å². The molecule has 112 valence electrons. The van der Waals surface area contributed by atoms with Crippen molar-refractivity contribution >= 4 is 33.3 Å². The smallest absolute Gasteiger partial charge is 0.303 e. The van der Waals surface area contributed by atoms with E-state index in [9.17, 15) is 14.0 Å². The van der Waals surface area contributed by atoms with Crippen molar-refractivity contribution in [2.45, 2.75) is 20.3 Å². The molecule has 21 heavy (non-hydrogen) atoms. The van der Waals surface area contributed by atoms with Gasteiger partial charge in [0.05, 0.1) is 4.88 Å². The van der Waals surface area contributed by atoms with Crippen molar-refractivity contribution in [1.82, 2.24) is 5.32 Å². The summed E-state index contributed by atoms with van der Waals surface area (Å²) in [6, 6.07) is 4.77. The zero-order valence-electron chi connectivity index (χ0n) is 11.8. The third-order valence-electron chi connectivity index (χ3n) is 3.24. The minimum absolute atomic E-state index is 0.000304. The van der Waals surface area contributed by atoms with Gasteiger partial charge in [-0.25, -0.2) is 4.39 Å². The number of fused-ring (bicyclic) bond motifs is 1. The highest BCUT2D eigenvalue weighted by molar-refractivity contribution is 7.21. The van der Waals surface area contributed by atoms with E-state index in [1.54, 1.807) is 26.0 Å². The van der Waals surface area contributed by atoms with Gasteiger partial charge < -0.3 is 10.4 Å². The summed E-state index contributed by atoms with van der Waals surface area (Å²) in [5, 5.41) is 11.9. The first kappa shape index (κ1) is 15.4. The third-order valence-corrected chi connectivity index (χ3v) is 4.50. The molecule has 0 aliphatic rings. The number of carboxylic acid groups (broad SMARTS) is 1. The predicted molar refractivity (Wildman–Crippen MR) is 80.3 cm³/mol. The van der Waals surface area contributed by atoms with Crippen LogP contribution in [0.15, 0.2) is 18.2 Å². The molecule has 0 aliphatic heterocycles. The predicted octanol–water partition coefficient (Wildman–Crippen LogP) is 3.19. The molecule has 0 spiro atoms. The lowest BCUT2D eigenvalue weighted by atomic mass is 10.1. The van der Waals surface area contributed by atoms with Gasteiger partial charge in [0.1, 0.15) is 5.82 Å².